The minimum Gasteiger partial charge on any atom is -0.472 e. The van der Waals surface area contributed by atoms with Gasteiger partial charge >= 0.3 is 0 Å². The van der Waals surface area contributed by atoms with Gasteiger partial charge in [0.2, 0.25) is 0 Å². The molecule has 1 saturated carbocycles. The van der Waals surface area contributed by atoms with E-state index in [1.807, 2.05) is 0 Å². The van der Waals surface area contributed by atoms with Gasteiger partial charge < -0.3 is 10.2 Å². The van der Waals surface area contributed by atoms with E-state index in [1.54, 1.807) is 12.3 Å². The van der Waals surface area contributed by atoms with Gasteiger partial charge in [0.05, 0.1) is 11.8 Å². The van der Waals surface area contributed by atoms with E-state index in [2.05, 4.69) is 6.92 Å². The lowest BCUT2D eigenvalue weighted by Crippen LogP contribution is -2.41. The average molecular weight is 221 g/mol. The van der Waals surface area contributed by atoms with Gasteiger partial charge in [-0.05, 0) is 37.7 Å². The van der Waals surface area contributed by atoms with E-state index in [-0.39, 0.29) is 11.2 Å². The molecule has 1 heterocycles. The Morgan fingerprint density at radius 3 is 2.75 bits per heavy atom. The van der Waals surface area contributed by atoms with Crippen LogP contribution in [-0.4, -0.2) is 12.3 Å². The first-order chi connectivity index (χ1) is 7.68. The zero-order chi connectivity index (χ0) is 11.6. The SMILES string of the molecule is CC1CCC(CN)(C(=O)c2ccoc2)CC1. The van der Waals surface area contributed by atoms with E-state index in [1.165, 1.54) is 6.26 Å². The molecule has 0 atom stereocenters. The molecule has 0 unspecified atom stereocenters. The molecule has 0 bridgehead atoms. The van der Waals surface area contributed by atoms with Crippen molar-refractivity contribution >= 4 is 5.78 Å². The van der Waals surface area contributed by atoms with Gasteiger partial charge in [-0.2, -0.15) is 0 Å². The minimum atomic E-state index is -0.337. The predicted molar refractivity (Wildman–Crippen MR) is 62.2 cm³/mol. The third kappa shape index (κ3) is 1.92. The van der Waals surface area contributed by atoms with Crippen molar-refractivity contribution in [2.45, 2.75) is 32.6 Å². The molecule has 0 saturated heterocycles. The fourth-order valence-electron chi connectivity index (χ4n) is 2.54. The zero-order valence-electron chi connectivity index (χ0n) is 9.74. The third-order valence-corrected chi connectivity index (χ3v) is 3.89. The second kappa shape index (κ2) is 4.42. The van der Waals surface area contributed by atoms with Crippen LogP contribution in [0.4, 0.5) is 0 Å². The fourth-order valence-corrected chi connectivity index (χ4v) is 2.54. The molecule has 0 amide bonds. The molecule has 1 aromatic rings. The first-order valence-corrected chi connectivity index (χ1v) is 5.95. The summed E-state index contributed by atoms with van der Waals surface area (Å²) in [6.45, 7) is 2.69. The van der Waals surface area contributed by atoms with Gasteiger partial charge in [0.25, 0.3) is 0 Å². The van der Waals surface area contributed by atoms with Crippen LogP contribution >= 0.6 is 0 Å². The van der Waals surface area contributed by atoms with Crippen LogP contribution < -0.4 is 5.73 Å². The molecule has 1 aliphatic carbocycles. The van der Waals surface area contributed by atoms with Crippen molar-refractivity contribution in [2.75, 3.05) is 6.54 Å². The molecular formula is C13H19NO2. The van der Waals surface area contributed by atoms with E-state index in [4.69, 9.17) is 10.2 Å². The number of carbonyl (C=O) groups excluding carboxylic acids is 1. The molecule has 16 heavy (non-hydrogen) atoms. The van der Waals surface area contributed by atoms with Crippen LogP contribution in [0, 0.1) is 11.3 Å². The Morgan fingerprint density at radius 2 is 2.25 bits per heavy atom. The van der Waals surface area contributed by atoms with Gasteiger partial charge in [0, 0.05) is 12.0 Å². The molecule has 1 aliphatic rings. The maximum absolute atomic E-state index is 12.4. The average Bonchev–Trinajstić information content (AvgIpc) is 2.83. The number of rotatable bonds is 3. The van der Waals surface area contributed by atoms with Crippen molar-refractivity contribution in [1.29, 1.82) is 0 Å². The fraction of sp³-hybridized carbons (Fsp3) is 0.615. The molecular weight excluding hydrogens is 202 g/mol. The number of hydrogen-bond acceptors (Lipinski definition) is 3. The number of carbonyl (C=O) groups is 1. The molecule has 1 aromatic heterocycles. The zero-order valence-corrected chi connectivity index (χ0v) is 9.74. The standard InChI is InChI=1S/C13H19NO2/c1-10-2-5-13(9-14,6-3-10)12(15)11-4-7-16-8-11/h4,7-8,10H,2-3,5-6,9,14H2,1H3. The maximum atomic E-state index is 12.4. The summed E-state index contributed by atoms with van der Waals surface area (Å²) in [5.41, 5.74) is 6.17. The molecule has 88 valence electrons. The second-order valence-electron chi connectivity index (χ2n) is 5.01. The summed E-state index contributed by atoms with van der Waals surface area (Å²) < 4.78 is 4.98. The molecule has 0 spiro atoms. The summed E-state index contributed by atoms with van der Waals surface area (Å²) in [6, 6.07) is 1.73. The van der Waals surface area contributed by atoms with E-state index in [9.17, 15) is 4.79 Å². The number of ketones is 1. The molecule has 0 radical (unpaired) electrons. The van der Waals surface area contributed by atoms with Crippen LogP contribution in [0.1, 0.15) is 43.0 Å². The Balaban J connectivity index is 2.19. The number of Topliss-reactive ketones (excluding diaryl/α,β-unsaturated/α-hetero) is 1. The lowest BCUT2D eigenvalue weighted by Gasteiger charge is -2.36. The first-order valence-electron chi connectivity index (χ1n) is 5.95. The van der Waals surface area contributed by atoms with Gasteiger partial charge in [-0.25, -0.2) is 0 Å². The van der Waals surface area contributed by atoms with Gasteiger partial charge in [0.15, 0.2) is 5.78 Å². The van der Waals surface area contributed by atoms with Crippen LogP contribution in [0.15, 0.2) is 23.0 Å². The summed E-state index contributed by atoms with van der Waals surface area (Å²) in [6.07, 6.45) is 7.09. The highest BCUT2D eigenvalue weighted by atomic mass is 16.3. The molecule has 3 nitrogen and oxygen atoms in total. The largest absolute Gasteiger partial charge is 0.472 e. The predicted octanol–water partition coefficient (Wildman–Crippen LogP) is 2.62. The van der Waals surface area contributed by atoms with Gasteiger partial charge in [-0.1, -0.05) is 6.92 Å². The van der Waals surface area contributed by atoms with Crippen molar-refractivity contribution in [3.63, 3.8) is 0 Å². The van der Waals surface area contributed by atoms with Crippen LogP contribution in [0.25, 0.3) is 0 Å². The van der Waals surface area contributed by atoms with Crippen LogP contribution in [0.2, 0.25) is 0 Å². The molecule has 0 aliphatic heterocycles. The number of furan rings is 1. The Morgan fingerprint density at radius 1 is 1.56 bits per heavy atom. The Hall–Kier alpha value is -1.09. The normalized spacial score (nSPS) is 30.2. The highest BCUT2D eigenvalue weighted by Crippen LogP contribution is 2.40. The number of nitrogens with two attached hydrogens (primary N) is 1. The van der Waals surface area contributed by atoms with Crippen molar-refractivity contribution < 1.29 is 9.21 Å². The molecule has 2 rings (SSSR count). The van der Waals surface area contributed by atoms with E-state index in [0.29, 0.717) is 12.1 Å². The van der Waals surface area contributed by atoms with E-state index >= 15 is 0 Å². The van der Waals surface area contributed by atoms with Gasteiger partial charge in [0.1, 0.15) is 6.26 Å². The van der Waals surface area contributed by atoms with Crippen LogP contribution in [0.5, 0.6) is 0 Å². The summed E-state index contributed by atoms with van der Waals surface area (Å²) in [4.78, 5) is 12.4. The Bertz CT molecular complexity index is 348. The van der Waals surface area contributed by atoms with Crippen molar-refractivity contribution in [3.05, 3.63) is 24.2 Å². The molecule has 2 N–H and O–H groups in total. The lowest BCUT2D eigenvalue weighted by atomic mass is 9.67. The topological polar surface area (TPSA) is 56.2 Å². The third-order valence-electron chi connectivity index (χ3n) is 3.89. The van der Waals surface area contributed by atoms with E-state index in [0.717, 1.165) is 31.6 Å². The van der Waals surface area contributed by atoms with Gasteiger partial charge in [-0.3, -0.25) is 4.79 Å². The van der Waals surface area contributed by atoms with E-state index < -0.39 is 0 Å². The second-order valence-corrected chi connectivity index (χ2v) is 5.01. The van der Waals surface area contributed by atoms with Crippen molar-refractivity contribution in [2.24, 2.45) is 17.1 Å². The van der Waals surface area contributed by atoms with Crippen LogP contribution in [0.3, 0.4) is 0 Å². The molecule has 3 heteroatoms. The first kappa shape index (κ1) is 11.4. The minimum absolute atomic E-state index is 0.163. The van der Waals surface area contributed by atoms with Crippen molar-refractivity contribution in [1.82, 2.24) is 0 Å². The molecule has 1 fully saturated rings. The highest BCUT2D eigenvalue weighted by Gasteiger charge is 2.40. The Labute approximate surface area is 96.0 Å². The lowest BCUT2D eigenvalue weighted by molar-refractivity contribution is 0.0694. The smallest absolute Gasteiger partial charge is 0.173 e. The van der Waals surface area contributed by atoms with Crippen molar-refractivity contribution in [3.8, 4) is 0 Å². The number of hydrogen-bond donors (Lipinski definition) is 1. The summed E-state index contributed by atoms with van der Waals surface area (Å²) in [7, 11) is 0. The highest BCUT2D eigenvalue weighted by molar-refractivity contribution is 6.00. The monoisotopic (exact) mass is 221 g/mol. The maximum Gasteiger partial charge on any atom is 0.173 e. The quantitative estimate of drug-likeness (QED) is 0.798. The molecule has 0 aromatic carbocycles. The summed E-state index contributed by atoms with van der Waals surface area (Å²) in [5.74, 6) is 0.882. The Kier molecular flexibility index (Phi) is 3.15. The van der Waals surface area contributed by atoms with Crippen LogP contribution in [-0.2, 0) is 0 Å². The summed E-state index contributed by atoms with van der Waals surface area (Å²) >= 11 is 0. The summed E-state index contributed by atoms with van der Waals surface area (Å²) in [5, 5.41) is 0. The van der Waals surface area contributed by atoms with Gasteiger partial charge in [-0.15, -0.1) is 0 Å².